The van der Waals surface area contributed by atoms with E-state index in [0.717, 1.165) is 58.5 Å². The first-order valence-electron chi connectivity index (χ1n) is 9.13. The van der Waals surface area contributed by atoms with Crippen molar-refractivity contribution in [2.75, 3.05) is 35.9 Å². The van der Waals surface area contributed by atoms with Crippen molar-refractivity contribution >= 4 is 62.6 Å². The van der Waals surface area contributed by atoms with Gasteiger partial charge in [-0.1, -0.05) is 24.9 Å². The summed E-state index contributed by atoms with van der Waals surface area (Å²) in [7, 11) is 0. The van der Waals surface area contributed by atoms with Crippen molar-refractivity contribution in [2.24, 2.45) is 0 Å². The third-order valence-corrected chi connectivity index (χ3v) is 5.71. The highest BCUT2D eigenvalue weighted by Gasteiger charge is 2.12. The van der Waals surface area contributed by atoms with Crippen LogP contribution >= 0.6 is 35.0 Å². The molecule has 0 saturated heterocycles. The number of ether oxygens (including phenoxy) is 1. The number of benzene rings is 1. The van der Waals surface area contributed by atoms with Crippen LogP contribution in [0.1, 0.15) is 19.8 Å². The fourth-order valence-electron chi connectivity index (χ4n) is 2.76. The molecule has 0 fully saturated rings. The van der Waals surface area contributed by atoms with Gasteiger partial charge in [0.15, 0.2) is 0 Å². The summed E-state index contributed by atoms with van der Waals surface area (Å²) >= 11 is 13.7. The largest absolute Gasteiger partial charge is 0.478 e. The lowest BCUT2D eigenvalue weighted by atomic mass is 10.1. The number of anilines is 1. The minimum atomic E-state index is 0.630. The summed E-state index contributed by atoms with van der Waals surface area (Å²) in [6, 6.07) is 9.59. The Morgan fingerprint density at radius 2 is 2.00 bits per heavy atom. The molecule has 0 saturated carbocycles. The molecule has 0 atom stereocenters. The third kappa shape index (κ3) is 5.31. The molecule has 0 radical (unpaired) electrons. The second kappa shape index (κ2) is 10.2. The minimum Gasteiger partial charge on any atom is -0.478 e. The molecule has 144 valence electrons. The Morgan fingerprint density at radius 1 is 1.11 bits per heavy atom. The van der Waals surface area contributed by atoms with E-state index < -0.39 is 0 Å². The van der Waals surface area contributed by atoms with E-state index in [9.17, 15) is 0 Å². The van der Waals surface area contributed by atoms with Crippen LogP contribution in [0.2, 0.25) is 5.02 Å². The Balaban J connectivity index is 1.96. The molecule has 27 heavy (non-hydrogen) atoms. The van der Waals surface area contributed by atoms with Gasteiger partial charge in [0.25, 0.3) is 0 Å². The third-order valence-electron chi connectivity index (χ3n) is 4.07. The van der Waals surface area contributed by atoms with Crippen molar-refractivity contribution in [1.82, 2.24) is 9.97 Å². The first-order valence-corrected chi connectivity index (χ1v) is 11.2. The molecule has 3 aromatic rings. The zero-order valence-electron chi connectivity index (χ0n) is 15.3. The SMILES string of the molecule is CCCCOc1ccc2nc3cc(Cl)ccc3c(NCCSCCCl)c2n1. The molecule has 1 N–H and O–H groups in total. The molecule has 0 aliphatic carbocycles. The molecule has 0 bridgehead atoms. The fraction of sp³-hybridized carbons (Fsp3) is 0.400. The molecular formula is C20H23Cl2N3OS. The van der Waals surface area contributed by atoms with Gasteiger partial charge in [0.1, 0.15) is 5.52 Å². The van der Waals surface area contributed by atoms with Crippen LogP contribution in [0.15, 0.2) is 30.3 Å². The van der Waals surface area contributed by atoms with Gasteiger partial charge in [-0.2, -0.15) is 11.8 Å². The Kier molecular flexibility index (Phi) is 7.68. The molecule has 0 unspecified atom stereocenters. The number of hydrogen-bond acceptors (Lipinski definition) is 5. The maximum Gasteiger partial charge on any atom is 0.213 e. The number of aromatic nitrogens is 2. The number of hydrogen-bond donors (Lipinski definition) is 1. The van der Waals surface area contributed by atoms with Crippen LogP contribution < -0.4 is 10.1 Å². The summed E-state index contributed by atoms with van der Waals surface area (Å²) in [6.45, 7) is 3.63. The van der Waals surface area contributed by atoms with Crippen LogP contribution in [0.25, 0.3) is 21.9 Å². The topological polar surface area (TPSA) is 47.0 Å². The van der Waals surface area contributed by atoms with Crippen molar-refractivity contribution in [3.05, 3.63) is 35.4 Å². The number of thioether (sulfide) groups is 1. The maximum absolute atomic E-state index is 6.17. The van der Waals surface area contributed by atoms with Gasteiger partial charge >= 0.3 is 0 Å². The predicted molar refractivity (Wildman–Crippen MR) is 119 cm³/mol. The van der Waals surface area contributed by atoms with E-state index in [0.29, 0.717) is 23.4 Å². The number of pyridine rings is 2. The summed E-state index contributed by atoms with van der Waals surface area (Å²) in [5.41, 5.74) is 3.47. The number of nitrogens with zero attached hydrogens (tertiary/aromatic N) is 2. The number of alkyl halides is 1. The molecule has 1 aromatic carbocycles. The van der Waals surface area contributed by atoms with E-state index >= 15 is 0 Å². The fourth-order valence-corrected chi connectivity index (χ4v) is 3.81. The Morgan fingerprint density at radius 3 is 2.81 bits per heavy atom. The zero-order chi connectivity index (χ0) is 19.1. The van der Waals surface area contributed by atoms with Gasteiger partial charge in [0.2, 0.25) is 5.88 Å². The van der Waals surface area contributed by atoms with Crippen molar-refractivity contribution in [1.29, 1.82) is 0 Å². The number of nitrogens with one attached hydrogen (secondary N) is 1. The highest BCUT2D eigenvalue weighted by atomic mass is 35.5. The second-order valence-electron chi connectivity index (χ2n) is 6.10. The normalized spacial score (nSPS) is 11.2. The summed E-state index contributed by atoms with van der Waals surface area (Å²) in [4.78, 5) is 9.46. The molecule has 0 spiro atoms. The van der Waals surface area contributed by atoms with Gasteiger partial charge in [0, 0.05) is 40.4 Å². The number of unbranched alkanes of at least 4 members (excludes halogenated alkanes) is 1. The van der Waals surface area contributed by atoms with E-state index in [1.54, 1.807) is 0 Å². The van der Waals surface area contributed by atoms with Gasteiger partial charge < -0.3 is 10.1 Å². The Bertz CT molecular complexity index is 907. The molecular weight excluding hydrogens is 401 g/mol. The summed E-state index contributed by atoms with van der Waals surface area (Å²) < 4.78 is 5.79. The number of rotatable bonds is 10. The van der Waals surface area contributed by atoms with E-state index in [1.165, 1.54) is 0 Å². The van der Waals surface area contributed by atoms with Crippen LogP contribution in [0.3, 0.4) is 0 Å². The van der Waals surface area contributed by atoms with Gasteiger partial charge in [0.05, 0.1) is 23.3 Å². The second-order valence-corrected chi connectivity index (χ2v) is 8.13. The summed E-state index contributed by atoms with van der Waals surface area (Å²) in [5, 5.41) is 5.22. The average Bonchev–Trinajstić information content (AvgIpc) is 2.67. The molecule has 2 aromatic heterocycles. The van der Waals surface area contributed by atoms with Gasteiger partial charge in [-0.3, -0.25) is 0 Å². The molecule has 0 aliphatic heterocycles. The first-order chi connectivity index (χ1) is 13.2. The van der Waals surface area contributed by atoms with E-state index in [1.807, 2.05) is 42.1 Å². The lowest BCUT2D eigenvalue weighted by Gasteiger charge is -2.14. The highest BCUT2D eigenvalue weighted by Crippen LogP contribution is 2.32. The Labute approximate surface area is 174 Å². The lowest BCUT2D eigenvalue weighted by Crippen LogP contribution is -2.07. The quantitative estimate of drug-likeness (QED) is 0.246. The summed E-state index contributed by atoms with van der Waals surface area (Å²) in [6.07, 6.45) is 2.10. The molecule has 0 aliphatic rings. The maximum atomic E-state index is 6.17. The molecule has 4 nitrogen and oxygen atoms in total. The predicted octanol–water partition coefficient (Wildman–Crippen LogP) is 6.00. The van der Waals surface area contributed by atoms with Gasteiger partial charge in [-0.15, -0.1) is 11.6 Å². The van der Waals surface area contributed by atoms with Crippen LogP contribution in [-0.4, -0.2) is 40.5 Å². The number of halogens is 2. The van der Waals surface area contributed by atoms with E-state index in [4.69, 9.17) is 37.9 Å². The van der Waals surface area contributed by atoms with Crippen LogP contribution in [0.4, 0.5) is 5.69 Å². The monoisotopic (exact) mass is 423 g/mol. The summed E-state index contributed by atoms with van der Waals surface area (Å²) in [5.74, 6) is 3.22. The van der Waals surface area contributed by atoms with Crippen molar-refractivity contribution < 1.29 is 4.74 Å². The average molecular weight is 424 g/mol. The smallest absolute Gasteiger partial charge is 0.213 e. The first kappa shape index (κ1) is 20.3. The van der Waals surface area contributed by atoms with E-state index in [-0.39, 0.29) is 0 Å². The molecule has 7 heteroatoms. The minimum absolute atomic E-state index is 0.630. The Hall–Kier alpha value is -1.43. The van der Waals surface area contributed by atoms with Gasteiger partial charge in [-0.05, 0) is 30.7 Å². The standard InChI is InChI=1S/C20H23Cl2N3OS/c1-2-3-10-26-18-7-6-16-20(25-18)19(23-9-12-27-11-8-21)15-5-4-14(22)13-17(15)24-16/h4-7,13H,2-3,8-12H2,1H3,(H,23,24). The van der Waals surface area contributed by atoms with E-state index in [2.05, 4.69) is 12.2 Å². The molecule has 3 rings (SSSR count). The van der Waals surface area contributed by atoms with Crippen LogP contribution in [0.5, 0.6) is 5.88 Å². The van der Waals surface area contributed by atoms with Gasteiger partial charge in [-0.25, -0.2) is 9.97 Å². The number of fused-ring (bicyclic) bond motifs is 2. The molecule has 2 heterocycles. The van der Waals surface area contributed by atoms with Crippen molar-refractivity contribution in [3.8, 4) is 5.88 Å². The van der Waals surface area contributed by atoms with Crippen LogP contribution in [-0.2, 0) is 0 Å². The van der Waals surface area contributed by atoms with Crippen LogP contribution in [0, 0.1) is 0 Å². The molecule has 0 amide bonds. The lowest BCUT2D eigenvalue weighted by molar-refractivity contribution is 0.299. The van der Waals surface area contributed by atoms with Crippen molar-refractivity contribution in [2.45, 2.75) is 19.8 Å². The zero-order valence-corrected chi connectivity index (χ0v) is 17.6. The highest BCUT2D eigenvalue weighted by molar-refractivity contribution is 7.99. The van der Waals surface area contributed by atoms with Crippen molar-refractivity contribution in [3.63, 3.8) is 0 Å².